The normalized spacial score (nSPS) is 21.0. The van der Waals surface area contributed by atoms with Crippen LogP contribution in [0.4, 0.5) is 0 Å². The first-order chi connectivity index (χ1) is 7.75. The number of piperidine rings is 1. The van der Waals surface area contributed by atoms with Crippen LogP contribution in [0.1, 0.15) is 18.4 Å². The average molecular weight is 259 g/mol. The molecule has 1 aliphatic heterocycles. The lowest BCUT2D eigenvalue weighted by molar-refractivity contribution is 0.389. The summed E-state index contributed by atoms with van der Waals surface area (Å²) in [4.78, 5) is 0. The van der Waals surface area contributed by atoms with Crippen LogP contribution < -0.4 is 10.6 Å². The fourth-order valence-corrected chi connectivity index (χ4v) is 2.26. The second kappa shape index (κ2) is 5.87. The largest absolute Gasteiger partial charge is 0.315 e. The fourth-order valence-electron chi connectivity index (χ4n) is 1.94. The molecule has 16 heavy (non-hydrogen) atoms. The molecule has 0 saturated carbocycles. The van der Waals surface area contributed by atoms with Crippen molar-refractivity contribution in [1.29, 1.82) is 0 Å². The van der Waals surface area contributed by atoms with Gasteiger partial charge in [0, 0.05) is 19.1 Å². The number of benzene rings is 1. The summed E-state index contributed by atoms with van der Waals surface area (Å²) in [6.07, 6.45) is 2.49. The molecular formula is C12H16Cl2N2. The van der Waals surface area contributed by atoms with Crippen molar-refractivity contribution in [2.75, 3.05) is 13.1 Å². The van der Waals surface area contributed by atoms with Gasteiger partial charge in [0.05, 0.1) is 10.0 Å². The van der Waals surface area contributed by atoms with Crippen LogP contribution >= 0.6 is 23.2 Å². The van der Waals surface area contributed by atoms with Crippen molar-refractivity contribution >= 4 is 23.2 Å². The molecule has 1 atom stereocenters. The van der Waals surface area contributed by atoms with Gasteiger partial charge in [-0.15, -0.1) is 0 Å². The second-order valence-electron chi connectivity index (χ2n) is 4.17. The Hall–Kier alpha value is -0.280. The molecule has 0 amide bonds. The molecular weight excluding hydrogens is 243 g/mol. The van der Waals surface area contributed by atoms with E-state index in [4.69, 9.17) is 23.2 Å². The predicted molar refractivity (Wildman–Crippen MR) is 69.2 cm³/mol. The van der Waals surface area contributed by atoms with Crippen LogP contribution in [-0.2, 0) is 6.54 Å². The number of hydrogen-bond acceptors (Lipinski definition) is 2. The molecule has 4 heteroatoms. The molecule has 1 aromatic rings. The van der Waals surface area contributed by atoms with Crippen molar-refractivity contribution in [2.45, 2.75) is 25.4 Å². The van der Waals surface area contributed by atoms with Gasteiger partial charge in [-0.2, -0.15) is 0 Å². The topological polar surface area (TPSA) is 24.1 Å². The molecule has 2 N–H and O–H groups in total. The first-order valence-corrected chi connectivity index (χ1v) is 6.39. The van der Waals surface area contributed by atoms with Crippen LogP contribution in [0.5, 0.6) is 0 Å². The summed E-state index contributed by atoms with van der Waals surface area (Å²) in [5, 5.41) is 8.15. The predicted octanol–water partition coefficient (Wildman–Crippen LogP) is 2.84. The van der Waals surface area contributed by atoms with Crippen LogP contribution in [0.15, 0.2) is 18.2 Å². The quantitative estimate of drug-likeness (QED) is 0.872. The van der Waals surface area contributed by atoms with E-state index in [1.807, 2.05) is 18.2 Å². The Balaban J connectivity index is 1.86. The summed E-state index contributed by atoms with van der Waals surface area (Å²) >= 11 is 11.8. The Morgan fingerprint density at radius 1 is 1.31 bits per heavy atom. The lowest BCUT2D eigenvalue weighted by Gasteiger charge is -2.24. The molecule has 0 aliphatic carbocycles. The van der Waals surface area contributed by atoms with Crippen molar-refractivity contribution in [3.63, 3.8) is 0 Å². The Morgan fingerprint density at radius 3 is 2.88 bits per heavy atom. The molecule has 1 heterocycles. The summed E-state index contributed by atoms with van der Waals surface area (Å²) in [6, 6.07) is 6.35. The van der Waals surface area contributed by atoms with E-state index in [-0.39, 0.29) is 0 Å². The van der Waals surface area contributed by atoms with Gasteiger partial charge >= 0.3 is 0 Å². The number of nitrogens with one attached hydrogen (secondary N) is 2. The molecule has 0 aromatic heterocycles. The molecule has 2 rings (SSSR count). The molecule has 1 aliphatic rings. The summed E-state index contributed by atoms with van der Waals surface area (Å²) in [7, 11) is 0. The van der Waals surface area contributed by atoms with Crippen LogP contribution in [0.2, 0.25) is 10.0 Å². The smallest absolute Gasteiger partial charge is 0.0595 e. The molecule has 1 unspecified atom stereocenters. The second-order valence-corrected chi connectivity index (χ2v) is 4.99. The van der Waals surface area contributed by atoms with Crippen LogP contribution in [-0.4, -0.2) is 19.1 Å². The summed E-state index contributed by atoms with van der Waals surface area (Å²) < 4.78 is 0. The van der Waals surface area contributed by atoms with Gasteiger partial charge in [0.25, 0.3) is 0 Å². The van der Waals surface area contributed by atoms with E-state index in [9.17, 15) is 0 Å². The Morgan fingerprint density at radius 2 is 2.19 bits per heavy atom. The van der Waals surface area contributed by atoms with Crippen molar-refractivity contribution < 1.29 is 0 Å². The highest BCUT2D eigenvalue weighted by Gasteiger charge is 2.11. The Kier molecular flexibility index (Phi) is 4.47. The monoisotopic (exact) mass is 258 g/mol. The maximum atomic E-state index is 5.96. The summed E-state index contributed by atoms with van der Waals surface area (Å²) in [5.74, 6) is 0. The molecule has 88 valence electrons. The highest BCUT2D eigenvalue weighted by molar-refractivity contribution is 6.42. The molecule has 0 bridgehead atoms. The molecule has 1 fully saturated rings. The van der Waals surface area contributed by atoms with Gasteiger partial charge in [-0.25, -0.2) is 0 Å². The third kappa shape index (κ3) is 3.36. The van der Waals surface area contributed by atoms with E-state index < -0.39 is 0 Å². The van der Waals surface area contributed by atoms with E-state index in [1.54, 1.807) is 0 Å². The lowest BCUT2D eigenvalue weighted by atomic mass is 10.1. The minimum absolute atomic E-state index is 0.572. The minimum Gasteiger partial charge on any atom is -0.315 e. The molecule has 0 radical (unpaired) electrons. The van der Waals surface area contributed by atoms with Crippen molar-refractivity contribution in [3.05, 3.63) is 33.8 Å². The van der Waals surface area contributed by atoms with Gasteiger partial charge in [-0.3, -0.25) is 0 Å². The number of rotatable bonds is 3. The van der Waals surface area contributed by atoms with Crippen molar-refractivity contribution in [1.82, 2.24) is 10.6 Å². The third-order valence-corrected chi connectivity index (χ3v) is 3.61. The maximum Gasteiger partial charge on any atom is 0.0595 e. The highest BCUT2D eigenvalue weighted by Crippen LogP contribution is 2.22. The third-order valence-electron chi connectivity index (χ3n) is 2.88. The SMILES string of the molecule is Clc1ccc(CNC2CCCNC2)cc1Cl. The molecule has 1 aromatic carbocycles. The van der Waals surface area contributed by atoms with E-state index in [2.05, 4.69) is 10.6 Å². The first-order valence-electron chi connectivity index (χ1n) is 5.64. The van der Waals surface area contributed by atoms with E-state index in [0.717, 1.165) is 19.6 Å². The summed E-state index contributed by atoms with van der Waals surface area (Å²) in [6.45, 7) is 3.05. The van der Waals surface area contributed by atoms with Crippen LogP contribution in [0.3, 0.4) is 0 Å². The zero-order valence-corrected chi connectivity index (χ0v) is 10.6. The first kappa shape index (κ1) is 12.2. The van der Waals surface area contributed by atoms with Gasteiger partial charge in [-0.05, 0) is 37.1 Å². The fraction of sp³-hybridized carbons (Fsp3) is 0.500. The zero-order valence-electron chi connectivity index (χ0n) is 9.10. The van der Waals surface area contributed by atoms with Gasteiger partial charge in [0.1, 0.15) is 0 Å². The van der Waals surface area contributed by atoms with Crippen LogP contribution in [0.25, 0.3) is 0 Å². The van der Waals surface area contributed by atoms with Gasteiger partial charge < -0.3 is 10.6 Å². The van der Waals surface area contributed by atoms with E-state index in [0.29, 0.717) is 16.1 Å². The van der Waals surface area contributed by atoms with Crippen molar-refractivity contribution in [2.24, 2.45) is 0 Å². The standard InChI is InChI=1S/C12H16Cl2N2/c13-11-4-3-9(6-12(11)14)7-16-10-2-1-5-15-8-10/h3-4,6,10,15-16H,1-2,5,7-8H2. The molecule has 2 nitrogen and oxygen atoms in total. The van der Waals surface area contributed by atoms with Gasteiger partial charge in [0.15, 0.2) is 0 Å². The Bertz CT molecular complexity index is 349. The average Bonchev–Trinajstić information content (AvgIpc) is 2.32. The molecule has 0 spiro atoms. The summed E-state index contributed by atoms with van der Waals surface area (Å²) in [5.41, 5.74) is 1.18. The maximum absolute atomic E-state index is 5.96. The minimum atomic E-state index is 0.572. The number of halogens is 2. The highest BCUT2D eigenvalue weighted by atomic mass is 35.5. The van der Waals surface area contributed by atoms with Gasteiger partial charge in [0.2, 0.25) is 0 Å². The molecule has 1 saturated heterocycles. The van der Waals surface area contributed by atoms with E-state index >= 15 is 0 Å². The van der Waals surface area contributed by atoms with Crippen molar-refractivity contribution in [3.8, 4) is 0 Å². The zero-order chi connectivity index (χ0) is 11.4. The van der Waals surface area contributed by atoms with Gasteiger partial charge in [-0.1, -0.05) is 29.3 Å². The van der Waals surface area contributed by atoms with Crippen LogP contribution in [0, 0.1) is 0 Å². The number of hydrogen-bond donors (Lipinski definition) is 2. The Labute approximate surface area is 106 Å². The van der Waals surface area contributed by atoms with E-state index in [1.165, 1.54) is 18.4 Å². The lowest BCUT2D eigenvalue weighted by Crippen LogP contribution is -2.42.